The highest BCUT2D eigenvalue weighted by Gasteiger charge is 1.76. The molecule has 0 aliphatic heterocycles. The molecule has 32 valence electrons. The first-order chi connectivity index (χ1) is 2.00. The highest BCUT2D eigenvalue weighted by molar-refractivity contribution is 7.52. The molecule has 0 heterocycles. The number of rotatable bonds is 0. The van der Waals surface area contributed by atoms with Gasteiger partial charge in [0.25, 0.3) is 0 Å². The van der Waals surface area contributed by atoms with Gasteiger partial charge < -0.3 is 16.7 Å². The smallest absolute Gasteiger partial charge is 0.0512 e. The molecule has 0 saturated heterocycles. The van der Waals surface area contributed by atoms with Crippen LogP contribution >= 0.6 is 0 Å². The Morgan fingerprint density at radius 3 is 1.20 bits per heavy atom. The van der Waals surface area contributed by atoms with E-state index in [2.05, 4.69) is 0 Å². The molecule has 0 aliphatic carbocycles. The van der Waals surface area contributed by atoms with Crippen molar-refractivity contribution in [2.45, 2.75) is 0 Å². The summed E-state index contributed by atoms with van der Waals surface area (Å²) in [6, 6.07) is 0. The van der Waals surface area contributed by atoms with Crippen molar-refractivity contribution in [3.05, 3.63) is 0 Å². The van der Waals surface area contributed by atoms with Crippen LogP contribution < -0.4 is 0 Å². The van der Waals surface area contributed by atoms with Crippen molar-refractivity contribution in [1.82, 2.24) is 0 Å². The second-order valence-corrected chi connectivity index (χ2v) is 2.98. The van der Waals surface area contributed by atoms with E-state index in [1.807, 2.05) is 21.1 Å². The van der Waals surface area contributed by atoms with Gasteiger partial charge in [-0.25, -0.2) is 0 Å². The largest absolute Gasteiger partial charge is 0.495 e. The van der Waals surface area contributed by atoms with Gasteiger partial charge in [-0.2, -0.15) is 0 Å². The maximum absolute atomic E-state index is 4.76. The van der Waals surface area contributed by atoms with E-state index >= 15 is 0 Å². The highest BCUT2D eigenvalue weighted by Crippen LogP contribution is 1.76. The topological polar surface area (TPSA) is 0 Å². The molecule has 0 rings (SSSR count). The molecule has 0 saturated carbocycles. The van der Waals surface area contributed by atoms with Gasteiger partial charge in [0.1, 0.15) is 0 Å². The number of hydrogen-bond donors (Lipinski definition) is 0. The number of hydrogen-bond acceptors (Lipinski definition) is 1. The molecule has 2 heteroatoms. The van der Waals surface area contributed by atoms with Gasteiger partial charge in [-0.1, -0.05) is 0 Å². The molecular formula is C3H9NS. The van der Waals surface area contributed by atoms with Crippen LogP contribution in [0.4, 0.5) is 0 Å². The van der Waals surface area contributed by atoms with Crippen LogP contribution in [0.25, 0.3) is 0 Å². The molecule has 0 fully saturated rings. The molecule has 0 atom stereocenters. The Kier molecular flexibility index (Phi) is 1.26. The minimum atomic E-state index is 0.583. The summed E-state index contributed by atoms with van der Waals surface area (Å²) in [6.45, 7) is 0. The zero-order valence-corrected chi connectivity index (χ0v) is 4.67. The van der Waals surface area contributed by atoms with Crippen molar-refractivity contribution < 1.29 is 3.89 Å². The third kappa shape index (κ3) is 239. The quantitative estimate of drug-likeness (QED) is 0.302. The van der Waals surface area contributed by atoms with Crippen LogP contribution in [0.1, 0.15) is 0 Å². The average Bonchev–Trinajstić information content (AvgIpc) is 0.722. The first kappa shape index (κ1) is 5.31. The second kappa shape index (κ2) is 1.19. The zero-order valence-electron chi connectivity index (χ0n) is 3.86. The van der Waals surface area contributed by atoms with Gasteiger partial charge in [0.2, 0.25) is 0 Å². The molecule has 0 spiro atoms. The van der Waals surface area contributed by atoms with Gasteiger partial charge in [-0.15, -0.1) is 0 Å². The van der Waals surface area contributed by atoms with Crippen LogP contribution in [0.15, 0.2) is 0 Å². The van der Waals surface area contributed by atoms with Crippen LogP contribution in [0, 0.1) is 0 Å². The lowest BCUT2D eigenvalue weighted by Crippen LogP contribution is -2.25. The van der Waals surface area contributed by atoms with Gasteiger partial charge >= 0.3 is 0 Å². The van der Waals surface area contributed by atoms with Gasteiger partial charge in [0.05, 0.1) is 21.1 Å². The first-order valence-electron chi connectivity index (χ1n) is 1.52. The zero-order chi connectivity index (χ0) is 4.50. The van der Waals surface area contributed by atoms with Crippen molar-refractivity contribution in [3.63, 3.8) is 0 Å². The number of nitrogens with zero attached hydrogens (tertiary/aromatic N) is 1. The molecular weight excluding hydrogens is 82.1 g/mol. The Balaban J connectivity index is 3.02. The lowest BCUT2D eigenvalue weighted by atomic mass is 11.0. The predicted octanol–water partition coefficient (Wildman–Crippen LogP) is 0.154. The van der Waals surface area contributed by atoms with Crippen molar-refractivity contribution in [2.75, 3.05) is 21.1 Å². The Bertz CT molecular complexity index is 22.4. The molecule has 0 aromatic carbocycles. The summed E-state index contributed by atoms with van der Waals surface area (Å²) < 4.78 is 0.583. The fourth-order valence-electron chi connectivity index (χ4n) is 0. The summed E-state index contributed by atoms with van der Waals surface area (Å²) >= 11 is 4.76. The van der Waals surface area contributed by atoms with Crippen LogP contribution in [-0.4, -0.2) is 25.0 Å². The van der Waals surface area contributed by atoms with E-state index < -0.39 is 0 Å². The molecule has 0 N–H and O–H groups in total. The third-order valence-electron chi connectivity index (χ3n) is 0. The Morgan fingerprint density at radius 2 is 1.20 bits per heavy atom. The summed E-state index contributed by atoms with van der Waals surface area (Å²) in [4.78, 5) is 0. The SMILES string of the molecule is C[N+](C)(C)[S-]. The van der Waals surface area contributed by atoms with Gasteiger partial charge in [-0.3, -0.25) is 0 Å². The molecule has 0 bridgehead atoms. The Morgan fingerprint density at radius 1 is 1.20 bits per heavy atom. The van der Waals surface area contributed by atoms with Crippen molar-refractivity contribution in [1.29, 1.82) is 0 Å². The standard InChI is InChI=1S/C3H9NS/c1-4(2,3)5/h1-3H3. The summed E-state index contributed by atoms with van der Waals surface area (Å²) in [5.74, 6) is 0. The van der Waals surface area contributed by atoms with E-state index in [0.717, 1.165) is 0 Å². The molecule has 0 aromatic heterocycles. The second-order valence-electron chi connectivity index (χ2n) is 1.89. The van der Waals surface area contributed by atoms with Crippen LogP contribution in [0.3, 0.4) is 0 Å². The summed E-state index contributed by atoms with van der Waals surface area (Å²) in [7, 11) is 5.82. The average molecular weight is 91.2 g/mol. The Labute approximate surface area is 38.7 Å². The molecule has 0 unspecified atom stereocenters. The van der Waals surface area contributed by atoms with E-state index in [0.29, 0.717) is 3.89 Å². The minimum Gasteiger partial charge on any atom is -0.495 e. The van der Waals surface area contributed by atoms with Crippen molar-refractivity contribution in [2.24, 2.45) is 0 Å². The van der Waals surface area contributed by atoms with Crippen molar-refractivity contribution in [3.8, 4) is 0 Å². The van der Waals surface area contributed by atoms with Gasteiger partial charge in [0.15, 0.2) is 0 Å². The lowest BCUT2D eigenvalue weighted by molar-refractivity contribution is -0.725. The Hall–Kier alpha value is 0.310. The third-order valence-corrected chi connectivity index (χ3v) is 0. The van der Waals surface area contributed by atoms with E-state index in [9.17, 15) is 0 Å². The minimum absolute atomic E-state index is 0.583. The van der Waals surface area contributed by atoms with Crippen molar-refractivity contribution >= 4 is 12.8 Å². The van der Waals surface area contributed by atoms with E-state index in [1.165, 1.54) is 0 Å². The maximum atomic E-state index is 4.76. The summed E-state index contributed by atoms with van der Waals surface area (Å²) in [6.07, 6.45) is 0. The fraction of sp³-hybridized carbons (Fsp3) is 1.00. The van der Waals surface area contributed by atoms with Gasteiger partial charge in [-0.05, 0) is 0 Å². The van der Waals surface area contributed by atoms with Crippen LogP contribution in [0.5, 0.6) is 0 Å². The summed E-state index contributed by atoms with van der Waals surface area (Å²) in [5.41, 5.74) is 0. The van der Waals surface area contributed by atoms with E-state index in [-0.39, 0.29) is 0 Å². The monoisotopic (exact) mass is 91.0 g/mol. The molecule has 0 radical (unpaired) electrons. The molecule has 0 aromatic rings. The van der Waals surface area contributed by atoms with Crippen LogP contribution in [-0.2, 0) is 12.8 Å². The van der Waals surface area contributed by atoms with E-state index in [4.69, 9.17) is 12.8 Å². The lowest BCUT2D eigenvalue weighted by Gasteiger charge is -2.28. The number of quaternary nitrogens is 1. The predicted molar refractivity (Wildman–Crippen MR) is 25.4 cm³/mol. The molecule has 1 nitrogen and oxygen atoms in total. The van der Waals surface area contributed by atoms with Gasteiger partial charge in [0, 0.05) is 0 Å². The van der Waals surface area contributed by atoms with E-state index in [1.54, 1.807) is 0 Å². The molecule has 0 amide bonds. The first-order valence-corrected chi connectivity index (χ1v) is 1.89. The summed E-state index contributed by atoms with van der Waals surface area (Å²) in [5, 5.41) is 0. The fourth-order valence-corrected chi connectivity index (χ4v) is 0. The normalized spacial score (nSPS) is 12.0. The highest BCUT2D eigenvalue weighted by atomic mass is 32.1. The van der Waals surface area contributed by atoms with Crippen LogP contribution in [0.2, 0.25) is 0 Å². The molecule has 5 heavy (non-hydrogen) atoms. The molecule has 0 aliphatic rings. The maximum Gasteiger partial charge on any atom is 0.0512 e.